The molecule has 3 aromatic carbocycles. The van der Waals surface area contributed by atoms with Crippen LogP contribution in [0.2, 0.25) is 0 Å². The van der Waals surface area contributed by atoms with Crippen LogP contribution in [0, 0.1) is 5.92 Å². The lowest BCUT2D eigenvalue weighted by molar-refractivity contribution is 0.0953. The summed E-state index contributed by atoms with van der Waals surface area (Å²) in [6, 6.07) is 19.7. The second kappa shape index (κ2) is 14.8. The van der Waals surface area contributed by atoms with Gasteiger partial charge in [-0.25, -0.2) is 0 Å². The van der Waals surface area contributed by atoms with Crippen LogP contribution in [0.15, 0.2) is 72.8 Å². The van der Waals surface area contributed by atoms with Crippen LogP contribution in [0.3, 0.4) is 0 Å². The van der Waals surface area contributed by atoms with Crippen molar-refractivity contribution >= 4 is 18.1 Å². The molecule has 1 amide bonds. The number of nitrogens with one attached hydrogen (secondary N) is 1. The van der Waals surface area contributed by atoms with Crippen LogP contribution in [0.1, 0.15) is 62.9 Å². The fraction of sp³-hybridized carbons (Fsp3) is 0.324. The van der Waals surface area contributed by atoms with Crippen molar-refractivity contribution in [3.63, 3.8) is 0 Å². The number of hydrogen-bond acceptors (Lipinski definition) is 3. The Kier molecular flexibility index (Phi) is 11.2. The first-order valence-electron chi connectivity index (χ1n) is 13.7. The smallest absolute Gasteiger partial charge is 0.251 e. The molecule has 0 radical (unpaired) electrons. The summed E-state index contributed by atoms with van der Waals surface area (Å²) in [5, 5.41) is 15.7. The Hall–Kier alpha value is -3.79. The summed E-state index contributed by atoms with van der Waals surface area (Å²) in [5.41, 5.74) is 3.43. The minimum atomic E-state index is -0.117. The molecule has 0 fully saturated rings. The molecule has 0 heterocycles. The topological polar surface area (TPSA) is 58.6 Å². The third-order valence-corrected chi connectivity index (χ3v) is 6.34. The van der Waals surface area contributed by atoms with Gasteiger partial charge in [-0.1, -0.05) is 75.4 Å². The first-order chi connectivity index (χ1) is 18.4. The number of phenolic OH excluding ortho intramolecular Hbond substituents is 1. The zero-order valence-corrected chi connectivity index (χ0v) is 23.2. The van der Waals surface area contributed by atoms with E-state index in [1.165, 1.54) is 5.56 Å². The molecule has 4 heteroatoms. The number of hydrogen-bond donors (Lipinski definition) is 2. The molecular formula is C34H41NO3. The van der Waals surface area contributed by atoms with E-state index in [1.54, 1.807) is 6.07 Å². The molecule has 200 valence electrons. The molecule has 0 bridgehead atoms. The quantitative estimate of drug-likeness (QED) is 0.277. The zero-order valence-electron chi connectivity index (χ0n) is 23.2. The number of benzene rings is 3. The van der Waals surface area contributed by atoms with Crippen LogP contribution in [0.4, 0.5) is 0 Å². The number of rotatable bonds is 12. The summed E-state index contributed by atoms with van der Waals surface area (Å²) in [5.74, 6) is 1.32. The van der Waals surface area contributed by atoms with Crippen molar-refractivity contribution in [3.05, 3.63) is 94.4 Å². The number of carbonyl (C=O) groups is 1. The number of ether oxygens (including phenoxy) is 1. The van der Waals surface area contributed by atoms with E-state index in [1.807, 2.05) is 73.7 Å². The molecule has 38 heavy (non-hydrogen) atoms. The molecule has 3 rings (SSSR count). The Balaban J connectivity index is 1.92. The fourth-order valence-electron chi connectivity index (χ4n) is 4.25. The van der Waals surface area contributed by atoms with Gasteiger partial charge in [0.25, 0.3) is 5.91 Å². The van der Waals surface area contributed by atoms with Gasteiger partial charge < -0.3 is 15.2 Å². The largest absolute Gasteiger partial charge is 0.507 e. The Morgan fingerprint density at radius 1 is 1.08 bits per heavy atom. The number of aromatic hydroxyl groups is 1. The van der Waals surface area contributed by atoms with Crippen molar-refractivity contribution in [2.24, 2.45) is 5.92 Å². The van der Waals surface area contributed by atoms with Crippen LogP contribution < -0.4 is 20.5 Å². The summed E-state index contributed by atoms with van der Waals surface area (Å²) in [6.07, 6.45) is 11.5. The molecule has 0 aliphatic carbocycles. The molecule has 0 aliphatic heterocycles. The summed E-state index contributed by atoms with van der Waals surface area (Å²) in [4.78, 5) is 13.0. The van der Waals surface area contributed by atoms with Gasteiger partial charge in [-0.2, -0.15) is 0 Å². The number of aryl methyl sites for hydroxylation is 1. The van der Waals surface area contributed by atoms with Gasteiger partial charge in [-0.05, 0) is 85.2 Å². The highest BCUT2D eigenvalue weighted by Crippen LogP contribution is 2.32. The minimum Gasteiger partial charge on any atom is -0.507 e. The van der Waals surface area contributed by atoms with Gasteiger partial charge in [-0.3, -0.25) is 4.79 Å². The van der Waals surface area contributed by atoms with Gasteiger partial charge >= 0.3 is 0 Å². The third kappa shape index (κ3) is 8.37. The number of carbonyl (C=O) groups excluding carboxylic acids is 1. The average Bonchev–Trinajstić information content (AvgIpc) is 2.91. The summed E-state index contributed by atoms with van der Waals surface area (Å²) >= 11 is 0. The number of phenols is 1. The van der Waals surface area contributed by atoms with Gasteiger partial charge in [0.05, 0.1) is 6.61 Å². The van der Waals surface area contributed by atoms with E-state index < -0.39 is 0 Å². The third-order valence-electron chi connectivity index (χ3n) is 6.34. The molecule has 0 atom stereocenters. The van der Waals surface area contributed by atoms with Crippen molar-refractivity contribution < 1.29 is 14.6 Å². The summed E-state index contributed by atoms with van der Waals surface area (Å²) in [6.45, 7) is 9.53. The van der Waals surface area contributed by atoms with Gasteiger partial charge in [0.1, 0.15) is 11.5 Å². The molecule has 0 saturated heterocycles. The average molecular weight is 512 g/mol. The maximum absolute atomic E-state index is 13.0. The van der Waals surface area contributed by atoms with Crippen molar-refractivity contribution in [1.82, 2.24) is 5.32 Å². The molecule has 0 spiro atoms. The lowest BCUT2D eigenvalue weighted by atomic mass is 9.99. The molecule has 3 aromatic rings. The molecule has 0 aliphatic rings. The maximum Gasteiger partial charge on any atom is 0.251 e. The first kappa shape index (κ1) is 28.8. The fourth-order valence-corrected chi connectivity index (χ4v) is 4.25. The second-order valence-corrected chi connectivity index (χ2v) is 9.89. The standard InChI is InChI=1S/C34H41NO3/c1-5-7-16-27-22-29(24-32(36)30(27)12-6-2)31-23-28(17-18-33(31)38-21-19-25(3)4)34(37)35-20-11-15-26-13-9-8-10-14-26/h5,7-10,12-14,16-18,22-25,36H,6,11,15,19-21H2,1-4H3,(H,35,37)/b7-5-,27-16-,30-12-. The van der Waals surface area contributed by atoms with Crippen molar-refractivity contribution in [1.29, 1.82) is 0 Å². The van der Waals surface area contributed by atoms with Crippen LogP contribution >= 0.6 is 0 Å². The normalized spacial score (nSPS) is 12.4. The van der Waals surface area contributed by atoms with E-state index in [9.17, 15) is 9.90 Å². The van der Waals surface area contributed by atoms with Gasteiger partial charge in [0.15, 0.2) is 0 Å². The Morgan fingerprint density at radius 2 is 1.87 bits per heavy atom. The van der Waals surface area contributed by atoms with E-state index in [-0.39, 0.29) is 11.7 Å². The van der Waals surface area contributed by atoms with E-state index in [0.717, 1.165) is 47.2 Å². The Morgan fingerprint density at radius 3 is 2.58 bits per heavy atom. The highest BCUT2D eigenvalue weighted by Gasteiger charge is 2.14. The highest BCUT2D eigenvalue weighted by molar-refractivity contribution is 5.96. The van der Waals surface area contributed by atoms with Crippen LogP contribution in [0.25, 0.3) is 23.3 Å². The molecular weight excluding hydrogens is 470 g/mol. The molecule has 2 N–H and O–H groups in total. The van der Waals surface area contributed by atoms with E-state index in [0.29, 0.717) is 30.4 Å². The zero-order chi connectivity index (χ0) is 27.3. The Bertz CT molecular complexity index is 1340. The number of allylic oxidation sites excluding steroid dienone is 2. The van der Waals surface area contributed by atoms with Gasteiger partial charge in [0.2, 0.25) is 0 Å². The molecule has 0 aromatic heterocycles. The SMILES string of the molecule is C\C=C/C=c1/cc(-c2cc(C(=O)NCCCc3ccccc3)ccc2OCCC(C)C)cc(O)/c1=C\CC. The maximum atomic E-state index is 13.0. The lowest BCUT2D eigenvalue weighted by Crippen LogP contribution is -2.25. The minimum absolute atomic E-state index is 0.117. The monoisotopic (exact) mass is 511 g/mol. The van der Waals surface area contributed by atoms with Gasteiger partial charge in [-0.15, -0.1) is 0 Å². The van der Waals surface area contributed by atoms with E-state index in [2.05, 4.69) is 38.2 Å². The number of amides is 1. The van der Waals surface area contributed by atoms with Crippen molar-refractivity contribution in [2.45, 2.75) is 53.4 Å². The molecule has 0 unspecified atom stereocenters. The first-order valence-corrected chi connectivity index (χ1v) is 13.7. The summed E-state index contributed by atoms with van der Waals surface area (Å²) < 4.78 is 6.18. The van der Waals surface area contributed by atoms with Crippen LogP contribution in [0.5, 0.6) is 11.5 Å². The lowest BCUT2D eigenvalue weighted by Gasteiger charge is -2.15. The van der Waals surface area contributed by atoms with Crippen molar-refractivity contribution in [2.75, 3.05) is 13.2 Å². The molecule has 4 nitrogen and oxygen atoms in total. The highest BCUT2D eigenvalue weighted by atomic mass is 16.5. The van der Waals surface area contributed by atoms with Crippen molar-refractivity contribution in [3.8, 4) is 22.6 Å². The van der Waals surface area contributed by atoms with Crippen LogP contribution in [-0.4, -0.2) is 24.2 Å². The van der Waals surface area contributed by atoms with Crippen LogP contribution in [-0.2, 0) is 6.42 Å². The Labute approximate surface area is 227 Å². The predicted octanol–water partition coefficient (Wildman–Crippen LogP) is 6.39. The second-order valence-electron chi connectivity index (χ2n) is 9.89. The van der Waals surface area contributed by atoms with E-state index in [4.69, 9.17) is 4.74 Å². The summed E-state index contributed by atoms with van der Waals surface area (Å²) in [7, 11) is 0. The van der Waals surface area contributed by atoms with Gasteiger partial charge in [0, 0.05) is 22.9 Å². The van der Waals surface area contributed by atoms with E-state index >= 15 is 0 Å². The molecule has 0 saturated carbocycles. The predicted molar refractivity (Wildman–Crippen MR) is 159 cm³/mol.